The molecule has 0 aliphatic carbocycles. The van der Waals surface area contributed by atoms with Crippen LogP contribution in [0.1, 0.15) is 12.7 Å². The van der Waals surface area contributed by atoms with Crippen LogP contribution in [0.25, 0.3) is 0 Å². The lowest BCUT2D eigenvalue weighted by atomic mass is 10.3. The van der Waals surface area contributed by atoms with Crippen molar-refractivity contribution in [3.8, 4) is 0 Å². The van der Waals surface area contributed by atoms with Gasteiger partial charge in [-0.15, -0.1) is 0 Å². The van der Waals surface area contributed by atoms with E-state index in [0.29, 0.717) is 5.82 Å². The second kappa shape index (κ2) is 4.30. The summed E-state index contributed by atoms with van der Waals surface area (Å²) in [5.41, 5.74) is 0. The fourth-order valence-electron chi connectivity index (χ4n) is 0.818. The van der Waals surface area contributed by atoms with E-state index in [9.17, 15) is 4.79 Å². The summed E-state index contributed by atoms with van der Waals surface area (Å²) in [4.78, 5) is 18.9. The normalized spacial score (nSPS) is 9.31. The maximum Gasteiger partial charge on any atom is 0.232 e. The molecule has 0 saturated carbocycles. The number of rotatable bonds is 2. The molecule has 0 bridgehead atoms. The zero-order chi connectivity index (χ0) is 9.68. The second-order valence-corrected chi connectivity index (χ2v) is 2.51. The average molecular weight is 178 g/mol. The Morgan fingerprint density at radius 2 is 2.15 bits per heavy atom. The molecular formula is C8H10N4O. The lowest BCUT2D eigenvalue weighted by molar-refractivity contribution is -0.119. The Kier molecular flexibility index (Phi) is 3.08. The average Bonchev–Trinajstić information content (AvgIpc) is 2.04. The molecular weight excluding hydrogens is 168 g/mol. The number of hydrogen-bond donors (Lipinski definition) is 2. The van der Waals surface area contributed by atoms with Crippen LogP contribution in [0.2, 0.25) is 0 Å². The van der Waals surface area contributed by atoms with Gasteiger partial charge >= 0.3 is 0 Å². The first-order valence-electron chi connectivity index (χ1n) is 3.79. The molecule has 0 fully saturated rings. The molecule has 5 heteroatoms. The predicted molar refractivity (Wildman–Crippen MR) is 47.3 cm³/mol. The molecule has 5 nitrogen and oxygen atoms in total. The SMILES string of the molecule is CC(=N)NC(=O)Cc1ncccn1. The van der Waals surface area contributed by atoms with Crippen molar-refractivity contribution in [2.24, 2.45) is 0 Å². The van der Waals surface area contributed by atoms with Crippen molar-refractivity contribution in [3.63, 3.8) is 0 Å². The highest BCUT2D eigenvalue weighted by atomic mass is 16.1. The van der Waals surface area contributed by atoms with Crippen LogP contribution in [0.4, 0.5) is 0 Å². The van der Waals surface area contributed by atoms with Crippen molar-refractivity contribution < 1.29 is 4.79 Å². The molecule has 68 valence electrons. The van der Waals surface area contributed by atoms with Crippen LogP contribution in [0.5, 0.6) is 0 Å². The van der Waals surface area contributed by atoms with Gasteiger partial charge in [-0.3, -0.25) is 10.2 Å². The van der Waals surface area contributed by atoms with Crippen LogP contribution in [-0.2, 0) is 11.2 Å². The van der Waals surface area contributed by atoms with E-state index in [-0.39, 0.29) is 18.2 Å². The van der Waals surface area contributed by atoms with Gasteiger partial charge in [0.15, 0.2) is 0 Å². The highest BCUT2D eigenvalue weighted by Crippen LogP contribution is 1.88. The summed E-state index contributed by atoms with van der Waals surface area (Å²) < 4.78 is 0. The molecule has 0 radical (unpaired) electrons. The lowest BCUT2D eigenvalue weighted by Crippen LogP contribution is -2.29. The number of carbonyl (C=O) groups excluding carboxylic acids is 1. The number of hydrogen-bond acceptors (Lipinski definition) is 4. The lowest BCUT2D eigenvalue weighted by Gasteiger charge is -2.00. The van der Waals surface area contributed by atoms with Crippen molar-refractivity contribution in [1.29, 1.82) is 5.41 Å². The topological polar surface area (TPSA) is 78.7 Å². The van der Waals surface area contributed by atoms with Crippen molar-refractivity contribution in [1.82, 2.24) is 15.3 Å². The smallest absolute Gasteiger partial charge is 0.232 e. The number of nitrogens with zero attached hydrogens (tertiary/aromatic N) is 2. The number of aromatic nitrogens is 2. The fraction of sp³-hybridized carbons (Fsp3) is 0.250. The van der Waals surface area contributed by atoms with Crippen LogP contribution in [0.3, 0.4) is 0 Å². The minimum Gasteiger partial charge on any atom is -0.315 e. The van der Waals surface area contributed by atoms with Gasteiger partial charge in [0.2, 0.25) is 5.91 Å². The van der Waals surface area contributed by atoms with E-state index in [2.05, 4.69) is 15.3 Å². The van der Waals surface area contributed by atoms with Crippen LogP contribution in [0, 0.1) is 5.41 Å². The summed E-state index contributed by atoms with van der Waals surface area (Å²) in [5, 5.41) is 9.37. The van der Waals surface area contributed by atoms with Gasteiger partial charge in [0.1, 0.15) is 5.82 Å². The molecule has 1 amide bonds. The van der Waals surface area contributed by atoms with Crippen LogP contribution < -0.4 is 5.32 Å². The van der Waals surface area contributed by atoms with Gasteiger partial charge in [0, 0.05) is 12.4 Å². The van der Waals surface area contributed by atoms with E-state index in [4.69, 9.17) is 5.41 Å². The van der Waals surface area contributed by atoms with Crippen LogP contribution in [0.15, 0.2) is 18.5 Å². The van der Waals surface area contributed by atoms with E-state index in [1.54, 1.807) is 18.5 Å². The molecule has 0 saturated heterocycles. The Morgan fingerprint density at radius 3 is 2.69 bits per heavy atom. The number of amides is 1. The molecule has 1 aromatic heterocycles. The van der Waals surface area contributed by atoms with Gasteiger partial charge in [-0.2, -0.15) is 0 Å². The third-order valence-corrected chi connectivity index (χ3v) is 1.26. The monoisotopic (exact) mass is 178 g/mol. The Hall–Kier alpha value is -1.78. The van der Waals surface area contributed by atoms with E-state index in [0.717, 1.165) is 0 Å². The van der Waals surface area contributed by atoms with Crippen molar-refractivity contribution >= 4 is 11.7 Å². The van der Waals surface area contributed by atoms with Crippen LogP contribution >= 0.6 is 0 Å². The first-order chi connectivity index (χ1) is 6.18. The van der Waals surface area contributed by atoms with Gasteiger partial charge in [0.05, 0.1) is 12.3 Å². The summed E-state index contributed by atoms with van der Waals surface area (Å²) in [6, 6.07) is 1.68. The Morgan fingerprint density at radius 1 is 1.54 bits per heavy atom. The quantitative estimate of drug-likeness (QED) is 0.499. The first-order valence-corrected chi connectivity index (χ1v) is 3.79. The molecule has 0 aliphatic heterocycles. The molecule has 1 heterocycles. The number of carbonyl (C=O) groups is 1. The minimum atomic E-state index is -0.265. The molecule has 0 unspecified atom stereocenters. The third-order valence-electron chi connectivity index (χ3n) is 1.26. The zero-order valence-corrected chi connectivity index (χ0v) is 7.24. The third kappa shape index (κ3) is 3.42. The number of nitrogens with one attached hydrogen (secondary N) is 2. The van der Waals surface area contributed by atoms with E-state index >= 15 is 0 Å². The first kappa shape index (κ1) is 9.31. The van der Waals surface area contributed by atoms with Crippen molar-refractivity contribution in [2.75, 3.05) is 0 Å². The Bertz CT molecular complexity index is 309. The molecule has 0 aliphatic rings. The highest BCUT2D eigenvalue weighted by Gasteiger charge is 2.04. The minimum absolute atomic E-state index is 0.108. The summed E-state index contributed by atoms with van der Waals surface area (Å²) in [6.45, 7) is 1.50. The zero-order valence-electron chi connectivity index (χ0n) is 7.24. The Balaban J connectivity index is 2.50. The van der Waals surface area contributed by atoms with E-state index in [1.165, 1.54) is 6.92 Å². The van der Waals surface area contributed by atoms with E-state index in [1.807, 2.05) is 0 Å². The van der Waals surface area contributed by atoms with Gasteiger partial charge in [-0.05, 0) is 13.0 Å². The second-order valence-electron chi connectivity index (χ2n) is 2.51. The maximum atomic E-state index is 11.1. The molecule has 1 rings (SSSR count). The molecule has 0 atom stereocenters. The highest BCUT2D eigenvalue weighted by molar-refractivity contribution is 5.95. The van der Waals surface area contributed by atoms with Crippen molar-refractivity contribution in [2.45, 2.75) is 13.3 Å². The van der Waals surface area contributed by atoms with Crippen LogP contribution in [-0.4, -0.2) is 21.7 Å². The molecule has 0 aromatic carbocycles. The largest absolute Gasteiger partial charge is 0.315 e. The van der Waals surface area contributed by atoms with Gasteiger partial charge in [-0.25, -0.2) is 9.97 Å². The fourth-order valence-corrected chi connectivity index (χ4v) is 0.818. The molecule has 13 heavy (non-hydrogen) atoms. The number of amidine groups is 1. The van der Waals surface area contributed by atoms with Gasteiger partial charge in [0.25, 0.3) is 0 Å². The van der Waals surface area contributed by atoms with Gasteiger partial charge < -0.3 is 5.32 Å². The molecule has 2 N–H and O–H groups in total. The maximum absolute atomic E-state index is 11.1. The summed E-state index contributed by atoms with van der Waals surface area (Å²) in [5.74, 6) is 0.320. The van der Waals surface area contributed by atoms with Crippen molar-refractivity contribution in [3.05, 3.63) is 24.3 Å². The Labute approximate surface area is 75.7 Å². The summed E-state index contributed by atoms with van der Waals surface area (Å²) in [7, 11) is 0. The standard InChI is InChI=1S/C8H10N4O/c1-6(9)12-8(13)5-7-10-3-2-4-11-7/h2-4H,5H2,1H3,(H2,9,12,13). The molecule has 1 aromatic rings. The summed E-state index contributed by atoms with van der Waals surface area (Å²) in [6.07, 6.45) is 3.26. The molecule has 0 spiro atoms. The predicted octanol–water partition coefficient (Wildman–Crippen LogP) is 0.132. The van der Waals surface area contributed by atoms with E-state index < -0.39 is 0 Å². The van der Waals surface area contributed by atoms with Gasteiger partial charge in [-0.1, -0.05) is 0 Å². The summed E-state index contributed by atoms with van der Waals surface area (Å²) >= 11 is 0.